The summed E-state index contributed by atoms with van der Waals surface area (Å²) >= 11 is 0. The van der Waals surface area contributed by atoms with Crippen LogP contribution in [0.4, 0.5) is 0 Å². The molecule has 0 aliphatic heterocycles. The minimum atomic E-state index is -0.624. The van der Waals surface area contributed by atoms with Crippen LogP contribution in [-0.4, -0.2) is 18.2 Å². The molecule has 16 heavy (non-hydrogen) atoms. The zero-order chi connectivity index (χ0) is 12.0. The Balaban J connectivity index is 3.05. The molecule has 0 aliphatic rings. The highest BCUT2D eigenvalue weighted by Gasteiger charge is 2.11. The summed E-state index contributed by atoms with van der Waals surface area (Å²) in [5.74, 6) is 4.53. The van der Waals surface area contributed by atoms with Gasteiger partial charge in [-0.05, 0) is 18.2 Å². The maximum Gasteiger partial charge on any atom is 0.341 e. The van der Waals surface area contributed by atoms with E-state index in [9.17, 15) is 9.90 Å². The van der Waals surface area contributed by atoms with Gasteiger partial charge < -0.3 is 9.84 Å². The summed E-state index contributed by atoms with van der Waals surface area (Å²) < 4.78 is 4.50. The van der Waals surface area contributed by atoms with Crippen molar-refractivity contribution < 1.29 is 14.6 Å². The fourth-order valence-corrected chi connectivity index (χ4v) is 1.07. The molecule has 0 radical (unpaired) electrons. The second-order valence-corrected chi connectivity index (χ2v) is 2.86. The zero-order valence-corrected chi connectivity index (χ0v) is 8.65. The Bertz CT molecular complexity index is 503. The average molecular weight is 215 g/mol. The summed E-state index contributed by atoms with van der Waals surface area (Å²) in [6.07, 6.45) is 0.119. The first-order valence-electron chi connectivity index (χ1n) is 4.46. The Labute approximate surface area is 93.1 Å². The highest BCUT2D eigenvalue weighted by atomic mass is 16.5. The predicted octanol–water partition coefficient (Wildman–Crippen LogP) is 1.44. The lowest BCUT2D eigenvalue weighted by Gasteiger charge is -2.02. The zero-order valence-electron chi connectivity index (χ0n) is 8.65. The van der Waals surface area contributed by atoms with E-state index in [1.165, 1.54) is 19.2 Å². The third-order valence-electron chi connectivity index (χ3n) is 1.80. The molecular weight excluding hydrogens is 206 g/mol. The van der Waals surface area contributed by atoms with Gasteiger partial charge in [-0.15, -0.1) is 0 Å². The lowest BCUT2D eigenvalue weighted by atomic mass is 10.1. The molecule has 1 aromatic rings. The van der Waals surface area contributed by atoms with Crippen molar-refractivity contribution in [3.8, 4) is 23.7 Å². The lowest BCUT2D eigenvalue weighted by Crippen LogP contribution is -2.01. The van der Waals surface area contributed by atoms with E-state index in [1.807, 2.05) is 6.07 Å². The van der Waals surface area contributed by atoms with Crippen LogP contribution in [0.15, 0.2) is 18.2 Å². The average Bonchev–Trinajstić information content (AvgIpc) is 2.30. The molecule has 0 fully saturated rings. The van der Waals surface area contributed by atoms with Gasteiger partial charge in [0.15, 0.2) is 0 Å². The number of nitriles is 1. The van der Waals surface area contributed by atoms with E-state index in [-0.39, 0.29) is 17.7 Å². The van der Waals surface area contributed by atoms with Crippen molar-refractivity contribution in [2.24, 2.45) is 0 Å². The van der Waals surface area contributed by atoms with Crippen molar-refractivity contribution in [3.63, 3.8) is 0 Å². The van der Waals surface area contributed by atoms with Gasteiger partial charge in [0.2, 0.25) is 0 Å². The van der Waals surface area contributed by atoms with Crippen molar-refractivity contribution >= 4 is 5.97 Å². The van der Waals surface area contributed by atoms with Crippen molar-refractivity contribution in [2.75, 3.05) is 7.11 Å². The smallest absolute Gasteiger partial charge is 0.341 e. The number of aromatic hydroxyl groups is 1. The first-order chi connectivity index (χ1) is 7.69. The summed E-state index contributed by atoms with van der Waals surface area (Å²) in [5.41, 5.74) is 0.611. The molecule has 1 aromatic carbocycles. The Morgan fingerprint density at radius 2 is 2.31 bits per heavy atom. The largest absolute Gasteiger partial charge is 0.507 e. The van der Waals surface area contributed by atoms with E-state index in [0.717, 1.165) is 0 Å². The van der Waals surface area contributed by atoms with Gasteiger partial charge in [-0.2, -0.15) is 5.26 Å². The van der Waals surface area contributed by atoms with Crippen LogP contribution in [-0.2, 0) is 4.74 Å². The van der Waals surface area contributed by atoms with Gasteiger partial charge in [0, 0.05) is 5.56 Å². The van der Waals surface area contributed by atoms with Crippen LogP contribution in [0, 0.1) is 23.2 Å². The van der Waals surface area contributed by atoms with Gasteiger partial charge in [0.25, 0.3) is 0 Å². The summed E-state index contributed by atoms with van der Waals surface area (Å²) in [6.45, 7) is 0. The van der Waals surface area contributed by atoms with Crippen LogP contribution in [0.2, 0.25) is 0 Å². The summed E-state index contributed by atoms with van der Waals surface area (Å²) in [4.78, 5) is 11.2. The summed E-state index contributed by atoms with van der Waals surface area (Å²) in [5, 5.41) is 17.7. The molecule has 1 rings (SSSR count). The van der Waals surface area contributed by atoms with Crippen LogP contribution in [0.25, 0.3) is 0 Å². The molecule has 0 aromatic heterocycles. The SMILES string of the molecule is COC(=O)c1cc(C#CCC#N)ccc1O. The molecule has 4 nitrogen and oxygen atoms in total. The minimum Gasteiger partial charge on any atom is -0.507 e. The number of carbonyl (C=O) groups is 1. The standard InChI is InChI=1S/C12H9NO3/c1-16-12(15)10-8-9(4-2-3-7-13)5-6-11(10)14/h5-6,8,14H,3H2,1H3. The van der Waals surface area contributed by atoms with Crippen molar-refractivity contribution in [3.05, 3.63) is 29.3 Å². The first kappa shape index (κ1) is 11.6. The second-order valence-electron chi connectivity index (χ2n) is 2.86. The Morgan fingerprint density at radius 1 is 1.56 bits per heavy atom. The number of methoxy groups -OCH3 is 1. The topological polar surface area (TPSA) is 70.3 Å². The van der Waals surface area contributed by atoms with E-state index >= 15 is 0 Å². The number of phenolic OH excluding ortho intramolecular Hbond substituents is 1. The van der Waals surface area contributed by atoms with Gasteiger partial charge >= 0.3 is 5.97 Å². The number of nitrogens with zero attached hydrogens (tertiary/aromatic N) is 1. The van der Waals surface area contributed by atoms with Crippen molar-refractivity contribution in [1.82, 2.24) is 0 Å². The van der Waals surface area contributed by atoms with Crippen LogP contribution < -0.4 is 0 Å². The molecule has 0 unspecified atom stereocenters. The monoisotopic (exact) mass is 215 g/mol. The first-order valence-corrected chi connectivity index (χ1v) is 4.46. The number of rotatable bonds is 1. The van der Waals surface area contributed by atoms with E-state index in [1.54, 1.807) is 6.07 Å². The maximum absolute atomic E-state index is 11.2. The summed E-state index contributed by atoms with van der Waals surface area (Å²) in [6, 6.07) is 6.23. The highest BCUT2D eigenvalue weighted by Crippen LogP contribution is 2.18. The third-order valence-corrected chi connectivity index (χ3v) is 1.80. The lowest BCUT2D eigenvalue weighted by molar-refractivity contribution is 0.0597. The van der Waals surface area contributed by atoms with Crippen LogP contribution in [0.3, 0.4) is 0 Å². The van der Waals surface area contributed by atoms with E-state index in [2.05, 4.69) is 16.6 Å². The number of esters is 1. The molecule has 0 heterocycles. The third kappa shape index (κ3) is 2.76. The molecule has 0 aliphatic carbocycles. The van der Waals surface area contributed by atoms with Gasteiger partial charge in [-0.3, -0.25) is 0 Å². The Morgan fingerprint density at radius 3 is 2.94 bits per heavy atom. The van der Waals surface area contributed by atoms with Crippen LogP contribution in [0.1, 0.15) is 22.3 Å². The van der Waals surface area contributed by atoms with Crippen molar-refractivity contribution in [2.45, 2.75) is 6.42 Å². The molecule has 1 N–H and O–H groups in total. The number of hydrogen-bond donors (Lipinski definition) is 1. The normalized spacial score (nSPS) is 8.50. The van der Waals surface area contributed by atoms with Gasteiger partial charge in [-0.25, -0.2) is 4.79 Å². The summed E-state index contributed by atoms with van der Waals surface area (Å²) in [7, 11) is 1.23. The van der Waals surface area contributed by atoms with Crippen molar-refractivity contribution in [1.29, 1.82) is 5.26 Å². The number of phenols is 1. The number of carbonyl (C=O) groups excluding carboxylic acids is 1. The minimum absolute atomic E-state index is 0.0613. The fourth-order valence-electron chi connectivity index (χ4n) is 1.07. The van der Waals surface area contributed by atoms with Gasteiger partial charge in [0.05, 0.1) is 19.6 Å². The molecule has 0 saturated heterocycles. The Kier molecular flexibility index (Phi) is 3.94. The van der Waals surface area contributed by atoms with Gasteiger partial charge in [0.1, 0.15) is 11.3 Å². The van der Waals surface area contributed by atoms with Gasteiger partial charge in [-0.1, -0.05) is 11.8 Å². The van der Waals surface area contributed by atoms with E-state index in [0.29, 0.717) is 5.56 Å². The van der Waals surface area contributed by atoms with Crippen LogP contribution >= 0.6 is 0 Å². The van der Waals surface area contributed by atoms with Crippen LogP contribution in [0.5, 0.6) is 5.75 Å². The molecule has 4 heteroatoms. The molecule has 0 saturated carbocycles. The number of ether oxygens (including phenoxy) is 1. The predicted molar refractivity (Wildman–Crippen MR) is 56.6 cm³/mol. The molecule has 80 valence electrons. The molecule has 0 bridgehead atoms. The molecule has 0 spiro atoms. The second kappa shape index (κ2) is 5.43. The Hall–Kier alpha value is -2.46. The number of hydrogen-bond acceptors (Lipinski definition) is 4. The quantitative estimate of drug-likeness (QED) is 0.568. The molecule has 0 atom stereocenters. The number of benzene rings is 1. The van der Waals surface area contributed by atoms with E-state index in [4.69, 9.17) is 5.26 Å². The maximum atomic E-state index is 11.2. The van der Waals surface area contributed by atoms with E-state index < -0.39 is 5.97 Å². The molecule has 0 amide bonds. The molecular formula is C12H9NO3. The highest BCUT2D eigenvalue weighted by molar-refractivity contribution is 5.92. The fraction of sp³-hybridized carbons (Fsp3) is 0.167.